The second kappa shape index (κ2) is 14.3. The lowest BCUT2D eigenvalue weighted by molar-refractivity contribution is 0.0893. The molecule has 2 N–H and O–H groups in total. The van der Waals surface area contributed by atoms with Crippen molar-refractivity contribution in [3.05, 3.63) is 29.8 Å². The second-order valence-electron chi connectivity index (χ2n) is 8.87. The van der Waals surface area contributed by atoms with Gasteiger partial charge >= 0.3 is 0 Å². The molecule has 0 spiro atoms. The summed E-state index contributed by atoms with van der Waals surface area (Å²) in [5.74, 6) is 1.50. The molecule has 1 aromatic rings. The van der Waals surface area contributed by atoms with Gasteiger partial charge in [0, 0.05) is 70.6 Å². The van der Waals surface area contributed by atoms with E-state index in [0.717, 1.165) is 104 Å². The number of piperazine rings is 1. The highest BCUT2D eigenvalue weighted by Crippen LogP contribution is 2.17. The van der Waals surface area contributed by atoms with E-state index in [1.807, 2.05) is 0 Å². The largest absolute Gasteiger partial charge is 0.381 e. The first-order valence-electron chi connectivity index (χ1n) is 12.5. The van der Waals surface area contributed by atoms with Crippen LogP contribution in [0.2, 0.25) is 0 Å². The molecule has 0 radical (unpaired) electrons. The number of ether oxygens (including phenoxy) is 2. The van der Waals surface area contributed by atoms with Crippen molar-refractivity contribution in [2.24, 2.45) is 10.9 Å². The van der Waals surface area contributed by atoms with Crippen molar-refractivity contribution in [1.29, 1.82) is 0 Å². The molecule has 2 saturated heterocycles. The van der Waals surface area contributed by atoms with E-state index in [-0.39, 0.29) is 0 Å². The summed E-state index contributed by atoms with van der Waals surface area (Å²) in [5.41, 5.74) is 2.69. The Morgan fingerprint density at radius 3 is 2.81 bits per heavy atom. The van der Waals surface area contributed by atoms with E-state index >= 15 is 0 Å². The van der Waals surface area contributed by atoms with Crippen molar-refractivity contribution in [2.75, 3.05) is 83.7 Å². The zero-order valence-corrected chi connectivity index (χ0v) is 20.2. The molecular weight excluding hydrogens is 402 g/mol. The first-order chi connectivity index (χ1) is 15.7. The van der Waals surface area contributed by atoms with Gasteiger partial charge < -0.3 is 25.0 Å². The van der Waals surface area contributed by atoms with Crippen molar-refractivity contribution in [3.63, 3.8) is 0 Å². The Bertz CT molecular complexity index is 670. The van der Waals surface area contributed by atoms with E-state index in [0.29, 0.717) is 5.92 Å². The fraction of sp³-hybridized carbons (Fsp3) is 0.720. The van der Waals surface area contributed by atoms with E-state index in [2.05, 4.69) is 63.5 Å². The van der Waals surface area contributed by atoms with Gasteiger partial charge in [-0.2, -0.15) is 0 Å². The molecule has 32 heavy (non-hydrogen) atoms. The summed E-state index contributed by atoms with van der Waals surface area (Å²) in [4.78, 5) is 9.76. The van der Waals surface area contributed by atoms with E-state index in [4.69, 9.17) is 9.47 Å². The Labute approximate surface area is 194 Å². The van der Waals surface area contributed by atoms with Crippen molar-refractivity contribution >= 4 is 11.6 Å². The number of benzene rings is 1. The fourth-order valence-electron chi connectivity index (χ4n) is 4.23. The molecule has 1 unspecified atom stereocenters. The Morgan fingerprint density at radius 1 is 1.19 bits per heavy atom. The normalized spacial score (nSPS) is 20.0. The van der Waals surface area contributed by atoms with Crippen LogP contribution in [0.3, 0.4) is 0 Å². The van der Waals surface area contributed by atoms with Gasteiger partial charge in [-0.15, -0.1) is 0 Å². The third-order valence-corrected chi connectivity index (χ3v) is 6.12. The molecule has 180 valence electrons. The van der Waals surface area contributed by atoms with Gasteiger partial charge in [-0.25, -0.2) is 0 Å². The molecule has 0 amide bonds. The van der Waals surface area contributed by atoms with Crippen LogP contribution in [-0.4, -0.2) is 89.6 Å². The number of nitrogens with zero attached hydrogens (tertiary/aromatic N) is 3. The van der Waals surface area contributed by atoms with Gasteiger partial charge in [-0.1, -0.05) is 12.1 Å². The predicted molar refractivity (Wildman–Crippen MR) is 133 cm³/mol. The second-order valence-corrected chi connectivity index (χ2v) is 8.87. The first-order valence-corrected chi connectivity index (χ1v) is 12.5. The number of anilines is 1. The summed E-state index contributed by atoms with van der Waals surface area (Å²) in [5, 5.41) is 6.83. The van der Waals surface area contributed by atoms with E-state index < -0.39 is 0 Å². The molecule has 2 fully saturated rings. The lowest BCUT2D eigenvalue weighted by Crippen LogP contribution is -2.47. The SMILES string of the molecule is CCNC(=NCCCOCC1CCOC1)NCCCN1CCN(c2cccc(C)c2)CC1. The summed E-state index contributed by atoms with van der Waals surface area (Å²) < 4.78 is 11.1. The van der Waals surface area contributed by atoms with E-state index in [9.17, 15) is 0 Å². The van der Waals surface area contributed by atoms with Crippen LogP contribution in [0.1, 0.15) is 31.7 Å². The third kappa shape index (κ3) is 8.96. The Hall–Kier alpha value is -1.83. The Morgan fingerprint density at radius 2 is 2.06 bits per heavy atom. The van der Waals surface area contributed by atoms with Crippen molar-refractivity contribution < 1.29 is 9.47 Å². The highest BCUT2D eigenvalue weighted by Gasteiger charge is 2.17. The Balaban J connectivity index is 1.24. The third-order valence-electron chi connectivity index (χ3n) is 6.12. The summed E-state index contributed by atoms with van der Waals surface area (Å²) in [6.45, 7) is 15.8. The molecule has 0 bridgehead atoms. The number of nitrogens with one attached hydrogen (secondary N) is 2. The number of aryl methyl sites for hydroxylation is 1. The van der Waals surface area contributed by atoms with Gasteiger partial charge in [0.1, 0.15) is 0 Å². The topological polar surface area (TPSA) is 61.4 Å². The summed E-state index contributed by atoms with van der Waals surface area (Å²) >= 11 is 0. The van der Waals surface area contributed by atoms with Gasteiger partial charge in [0.2, 0.25) is 0 Å². The quantitative estimate of drug-likeness (QED) is 0.293. The van der Waals surface area contributed by atoms with Gasteiger partial charge in [0.05, 0.1) is 13.2 Å². The molecule has 2 heterocycles. The van der Waals surface area contributed by atoms with Crippen LogP contribution in [0.25, 0.3) is 0 Å². The van der Waals surface area contributed by atoms with Crippen LogP contribution in [0.15, 0.2) is 29.3 Å². The minimum Gasteiger partial charge on any atom is -0.381 e. The summed E-state index contributed by atoms with van der Waals surface area (Å²) in [6.07, 6.45) is 3.21. The predicted octanol–water partition coefficient (Wildman–Crippen LogP) is 2.51. The monoisotopic (exact) mass is 445 g/mol. The molecule has 2 aliphatic rings. The molecule has 1 aromatic carbocycles. The average molecular weight is 446 g/mol. The molecule has 0 aliphatic carbocycles. The maximum Gasteiger partial charge on any atom is 0.191 e. The van der Waals surface area contributed by atoms with Gasteiger partial charge in [0.25, 0.3) is 0 Å². The standard InChI is InChI=1S/C25H43N5O2/c1-3-26-25(28-11-6-17-31-20-23-9-18-32-21-23)27-10-5-12-29-13-15-30(16-14-29)24-8-4-7-22(2)19-24/h4,7-8,19,23H,3,5-6,9-18,20-21H2,1-2H3,(H2,26,27,28). The van der Waals surface area contributed by atoms with E-state index in [1.165, 1.54) is 11.3 Å². The van der Waals surface area contributed by atoms with Gasteiger partial charge in [0.15, 0.2) is 5.96 Å². The number of aliphatic imine (C=N–C) groups is 1. The Kier molecular flexibility index (Phi) is 11.1. The summed E-state index contributed by atoms with van der Waals surface area (Å²) in [6, 6.07) is 8.84. The van der Waals surface area contributed by atoms with Crippen LogP contribution >= 0.6 is 0 Å². The van der Waals surface area contributed by atoms with Crippen LogP contribution in [0.4, 0.5) is 5.69 Å². The van der Waals surface area contributed by atoms with Crippen LogP contribution in [0.5, 0.6) is 0 Å². The highest BCUT2D eigenvalue weighted by atomic mass is 16.5. The molecular formula is C25H43N5O2. The first kappa shape index (κ1) is 24.8. The number of hydrogen-bond acceptors (Lipinski definition) is 5. The lowest BCUT2D eigenvalue weighted by atomic mass is 10.1. The van der Waals surface area contributed by atoms with Gasteiger partial charge in [-0.3, -0.25) is 9.89 Å². The minimum absolute atomic E-state index is 0.586. The molecule has 7 heteroatoms. The molecule has 0 aromatic heterocycles. The van der Waals surface area contributed by atoms with Crippen LogP contribution in [-0.2, 0) is 9.47 Å². The zero-order chi connectivity index (χ0) is 22.4. The average Bonchev–Trinajstić information content (AvgIpc) is 3.33. The fourth-order valence-corrected chi connectivity index (χ4v) is 4.23. The number of guanidine groups is 1. The van der Waals surface area contributed by atoms with Gasteiger partial charge in [-0.05, 0) is 57.4 Å². The maximum atomic E-state index is 5.77. The number of rotatable bonds is 12. The number of hydrogen-bond donors (Lipinski definition) is 2. The molecule has 0 saturated carbocycles. The van der Waals surface area contributed by atoms with Crippen LogP contribution in [0, 0.1) is 12.8 Å². The minimum atomic E-state index is 0.586. The smallest absolute Gasteiger partial charge is 0.191 e. The summed E-state index contributed by atoms with van der Waals surface area (Å²) in [7, 11) is 0. The van der Waals surface area contributed by atoms with Crippen molar-refractivity contribution in [1.82, 2.24) is 15.5 Å². The molecule has 2 aliphatic heterocycles. The molecule has 1 atom stereocenters. The maximum absolute atomic E-state index is 5.77. The van der Waals surface area contributed by atoms with Crippen molar-refractivity contribution in [3.8, 4) is 0 Å². The molecule has 7 nitrogen and oxygen atoms in total. The zero-order valence-electron chi connectivity index (χ0n) is 20.2. The lowest BCUT2D eigenvalue weighted by Gasteiger charge is -2.36. The van der Waals surface area contributed by atoms with Crippen LogP contribution < -0.4 is 15.5 Å². The van der Waals surface area contributed by atoms with Crippen molar-refractivity contribution in [2.45, 2.75) is 33.1 Å². The molecule has 3 rings (SSSR count). The highest BCUT2D eigenvalue weighted by molar-refractivity contribution is 5.79. The van der Waals surface area contributed by atoms with E-state index in [1.54, 1.807) is 0 Å².